The van der Waals surface area contributed by atoms with Crippen LogP contribution in [0.5, 0.6) is 5.75 Å². The van der Waals surface area contributed by atoms with E-state index in [1.807, 2.05) is 40.1 Å². The lowest BCUT2D eigenvalue weighted by Gasteiger charge is -2.32. The van der Waals surface area contributed by atoms with Gasteiger partial charge in [-0.15, -0.1) is 0 Å². The van der Waals surface area contributed by atoms with Crippen molar-refractivity contribution in [2.75, 3.05) is 26.2 Å². The Hall–Kier alpha value is -4.46. The highest BCUT2D eigenvalue weighted by Crippen LogP contribution is 2.30. The van der Waals surface area contributed by atoms with E-state index >= 15 is 0 Å². The van der Waals surface area contributed by atoms with Crippen molar-refractivity contribution in [3.05, 3.63) is 137 Å². The average Bonchev–Trinajstić information content (AvgIpc) is 3.17. The number of likely N-dealkylation sites (tertiary alicyclic amines) is 2. The van der Waals surface area contributed by atoms with Gasteiger partial charge in [0.25, 0.3) is 0 Å². The minimum Gasteiger partial charge on any atom is -0.508 e. The monoisotopic (exact) mass is 660 g/mol. The standard InChI is InChI=1S/C21H26N2O2.C21H26N2O/c22-15-16-4-3-6-19(14-16)17-10-12-23(13-11-17)21(25)9-8-18-5-1-2-7-20(18)24;22-16-18-7-4-8-20(15-18)19-11-13-23(14-12-19)21(24)10-9-17-5-2-1-3-6-17/h1-7,14,17,24H,8-13,15,22H2;1-8,15,19H,9-14,16,22H2. The fourth-order valence-corrected chi connectivity index (χ4v) is 7.05. The number of phenols is 1. The summed E-state index contributed by atoms with van der Waals surface area (Å²) in [5.41, 5.74) is 18.6. The maximum atomic E-state index is 12.5. The second-order valence-corrected chi connectivity index (χ2v) is 13.3. The van der Waals surface area contributed by atoms with E-state index in [-0.39, 0.29) is 17.6 Å². The van der Waals surface area contributed by atoms with Gasteiger partial charge in [-0.3, -0.25) is 9.59 Å². The molecule has 2 fully saturated rings. The van der Waals surface area contributed by atoms with Crippen molar-refractivity contribution in [3.63, 3.8) is 0 Å². The number of piperidine rings is 2. The van der Waals surface area contributed by atoms with E-state index in [2.05, 4.69) is 60.7 Å². The summed E-state index contributed by atoms with van der Waals surface area (Å²) in [4.78, 5) is 28.9. The van der Waals surface area contributed by atoms with Crippen LogP contribution in [0.15, 0.2) is 103 Å². The van der Waals surface area contributed by atoms with Crippen LogP contribution in [0, 0.1) is 0 Å². The van der Waals surface area contributed by atoms with Crippen LogP contribution in [0.2, 0.25) is 0 Å². The van der Waals surface area contributed by atoms with Gasteiger partial charge in [0, 0.05) is 52.1 Å². The minimum absolute atomic E-state index is 0.178. The summed E-state index contributed by atoms with van der Waals surface area (Å²) in [6.07, 6.45) is 6.56. The third-order valence-electron chi connectivity index (χ3n) is 10.1. The number of nitrogens with zero attached hydrogens (tertiary/aromatic N) is 2. The van der Waals surface area contributed by atoms with Crippen molar-refractivity contribution in [1.29, 1.82) is 0 Å². The summed E-state index contributed by atoms with van der Waals surface area (Å²) in [5, 5.41) is 9.80. The molecule has 4 aromatic rings. The molecule has 2 heterocycles. The van der Waals surface area contributed by atoms with E-state index in [1.165, 1.54) is 27.8 Å². The van der Waals surface area contributed by atoms with Crippen LogP contribution >= 0.6 is 0 Å². The third kappa shape index (κ3) is 10.5. The molecule has 0 spiro atoms. The highest BCUT2D eigenvalue weighted by atomic mass is 16.3. The highest BCUT2D eigenvalue weighted by Gasteiger charge is 2.25. The van der Waals surface area contributed by atoms with Crippen molar-refractivity contribution < 1.29 is 14.7 Å². The molecule has 2 aliphatic heterocycles. The first-order valence-corrected chi connectivity index (χ1v) is 17.9. The Balaban J connectivity index is 0.000000191. The lowest BCUT2D eigenvalue weighted by molar-refractivity contribution is -0.133. The molecule has 0 bridgehead atoms. The number of nitrogens with two attached hydrogens (primary N) is 2. The van der Waals surface area contributed by atoms with Gasteiger partial charge in [-0.2, -0.15) is 0 Å². The summed E-state index contributed by atoms with van der Waals surface area (Å²) < 4.78 is 0. The van der Waals surface area contributed by atoms with Gasteiger partial charge >= 0.3 is 0 Å². The maximum absolute atomic E-state index is 12.5. The SMILES string of the molecule is NCc1cccc(C2CCN(C(=O)CCc3ccccc3)CC2)c1.NCc1cccc(C2CCN(C(=O)CCc3ccccc3O)CC2)c1. The van der Waals surface area contributed by atoms with Gasteiger partial charge in [0.2, 0.25) is 11.8 Å². The highest BCUT2D eigenvalue weighted by molar-refractivity contribution is 5.77. The first-order valence-electron chi connectivity index (χ1n) is 17.9. The molecule has 0 aromatic heterocycles. The van der Waals surface area contributed by atoms with Crippen LogP contribution < -0.4 is 11.5 Å². The molecule has 7 heteroatoms. The van der Waals surface area contributed by atoms with Gasteiger partial charge in [0.1, 0.15) is 5.75 Å². The number of carbonyl (C=O) groups excluding carboxylic acids is 2. The zero-order chi connectivity index (χ0) is 34.4. The van der Waals surface area contributed by atoms with Crippen molar-refractivity contribution in [1.82, 2.24) is 9.80 Å². The van der Waals surface area contributed by atoms with Crippen LogP contribution in [0.3, 0.4) is 0 Å². The van der Waals surface area contributed by atoms with Crippen LogP contribution in [0.25, 0.3) is 0 Å². The summed E-state index contributed by atoms with van der Waals surface area (Å²) >= 11 is 0. The molecule has 4 aromatic carbocycles. The lowest BCUT2D eigenvalue weighted by Crippen LogP contribution is -2.38. The Labute approximate surface area is 291 Å². The molecule has 0 radical (unpaired) electrons. The van der Waals surface area contributed by atoms with Gasteiger partial charge in [0.15, 0.2) is 0 Å². The molecular weight excluding hydrogens is 608 g/mol. The Morgan fingerprint density at radius 2 is 1.02 bits per heavy atom. The number of benzene rings is 4. The molecule has 6 rings (SSSR count). The number of aromatic hydroxyl groups is 1. The number of phenolic OH excluding ortho intramolecular Hbond substituents is 1. The maximum Gasteiger partial charge on any atom is 0.222 e. The Bertz CT molecular complexity index is 1630. The van der Waals surface area contributed by atoms with E-state index in [0.717, 1.165) is 63.8 Å². The van der Waals surface area contributed by atoms with Gasteiger partial charge in [-0.1, -0.05) is 97.1 Å². The summed E-state index contributed by atoms with van der Waals surface area (Å²) in [5.74, 6) is 1.79. The second kappa shape index (κ2) is 18.3. The second-order valence-electron chi connectivity index (χ2n) is 13.3. The van der Waals surface area contributed by atoms with Gasteiger partial charge in [0.05, 0.1) is 0 Å². The first-order chi connectivity index (χ1) is 23.9. The topological polar surface area (TPSA) is 113 Å². The molecule has 0 unspecified atom stereocenters. The Morgan fingerprint density at radius 3 is 1.51 bits per heavy atom. The van der Waals surface area contributed by atoms with E-state index < -0.39 is 0 Å². The van der Waals surface area contributed by atoms with Crippen LogP contribution in [0.1, 0.15) is 83.7 Å². The first kappa shape index (κ1) is 35.8. The predicted octanol–water partition coefficient (Wildman–Crippen LogP) is 6.67. The Kier molecular flexibility index (Phi) is 13.4. The summed E-state index contributed by atoms with van der Waals surface area (Å²) in [7, 11) is 0. The summed E-state index contributed by atoms with van der Waals surface area (Å²) in [6.45, 7) is 4.49. The van der Waals surface area contributed by atoms with E-state index in [4.69, 9.17) is 11.5 Å². The molecule has 0 atom stereocenters. The Morgan fingerprint density at radius 1 is 0.571 bits per heavy atom. The molecule has 2 aliphatic rings. The molecule has 0 saturated carbocycles. The van der Waals surface area contributed by atoms with E-state index in [9.17, 15) is 14.7 Å². The predicted molar refractivity (Wildman–Crippen MR) is 197 cm³/mol. The van der Waals surface area contributed by atoms with Crippen molar-refractivity contribution in [2.24, 2.45) is 11.5 Å². The van der Waals surface area contributed by atoms with Crippen molar-refractivity contribution >= 4 is 11.8 Å². The lowest BCUT2D eigenvalue weighted by atomic mass is 9.88. The molecule has 49 heavy (non-hydrogen) atoms. The molecule has 5 N–H and O–H groups in total. The molecular formula is C42H52N4O3. The summed E-state index contributed by atoms with van der Waals surface area (Å²) in [6, 6.07) is 34.5. The molecule has 2 amide bonds. The third-order valence-corrected chi connectivity index (χ3v) is 10.1. The fourth-order valence-electron chi connectivity index (χ4n) is 7.05. The van der Waals surface area contributed by atoms with Crippen LogP contribution in [0.4, 0.5) is 0 Å². The van der Waals surface area contributed by atoms with Crippen LogP contribution in [-0.4, -0.2) is 52.9 Å². The molecule has 258 valence electrons. The number of aryl methyl sites for hydroxylation is 2. The normalized spacial score (nSPS) is 15.4. The largest absolute Gasteiger partial charge is 0.508 e. The quantitative estimate of drug-likeness (QED) is 0.176. The zero-order valence-corrected chi connectivity index (χ0v) is 28.7. The van der Waals surface area contributed by atoms with Gasteiger partial charge in [-0.05, 0) is 89.8 Å². The van der Waals surface area contributed by atoms with Gasteiger partial charge in [-0.25, -0.2) is 0 Å². The van der Waals surface area contributed by atoms with Crippen molar-refractivity contribution in [3.8, 4) is 5.75 Å². The number of hydrogen-bond donors (Lipinski definition) is 3. The zero-order valence-electron chi connectivity index (χ0n) is 28.7. The van der Waals surface area contributed by atoms with E-state index in [0.29, 0.717) is 44.2 Å². The molecule has 0 aliphatic carbocycles. The van der Waals surface area contributed by atoms with Crippen LogP contribution in [-0.2, 0) is 35.5 Å². The van der Waals surface area contributed by atoms with Gasteiger partial charge < -0.3 is 26.4 Å². The smallest absolute Gasteiger partial charge is 0.222 e. The number of carbonyl (C=O) groups is 2. The van der Waals surface area contributed by atoms with Crippen molar-refractivity contribution in [2.45, 2.75) is 76.3 Å². The number of hydrogen-bond acceptors (Lipinski definition) is 5. The minimum atomic E-state index is 0.178. The number of rotatable bonds is 10. The molecule has 2 saturated heterocycles. The average molecular weight is 661 g/mol. The number of para-hydroxylation sites is 1. The number of amides is 2. The van der Waals surface area contributed by atoms with E-state index in [1.54, 1.807) is 12.1 Å². The molecule has 7 nitrogen and oxygen atoms in total. The fraction of sp³-hybridized carbons (Fsp3) is 0.381.